The molecule has 0 aromatic heterocycles. The van der Waals surface area contributed by atoms with Gasteiger partial charge in [-0.25, -0.2) is 8.42 Å². The molecule has 0 aliphatic carbocycles. The number of ether oxygens (including phenoxy) is 1. The van der Waals surface area contributed by atoms with Crippen molar-refractivity contribution < 1.29 is 17.9 Å². The van der Waals surface area contributed by atoms with Gasteiger partial charge in [-0.2, -0.15) is 0 Å². The summed E-state index contributed by atoms with van der Waals surface area (Å²) in [7, 11) is -3.67. The van der Waals surface area contributed by atoms with E-state index in [-0.39, 0.29) is 24.0 Å². The Morgan fingerprint density at radius 1 is 1.00 bits per heavy atom. The van der Waals surface area contributed by atoms with Crippen LogP contribution in [0.25, 0.3) is 0 Å². The number of hydrogen-bond acceptors (Lipinski definition) is 4. The molecule has 0 spiro atoms. The van der Waals surface area contributed by atoms with E-state index in [4.69, 9.17) is 4.74 Å². The van der Waals surface area contributed by atoms with Gasteiger partial charge < -0.3 is 10.1 Å². The van der Waals surface area contributed by atoms with E-state index in [0.29, 0.717) is 17.1 Å². The summed E-state index contributed by atoms with van der Waals surface area (Å²) in [6, 6.07) is 20.7. The molecule has 1 amide bonds. The molecule has 0 aliphatic rings. The summed E-state index contributed by atoms with van der Waals surface area (Å²) in [5.41, 5.74) is 2.17. The Hall–Kier alpha value is -2.84. The minimum absolute atomic E-state index is 0.167. The van der Waals surface area contributed by atoms with Crippen molar-refractivity contribution >= 4 is 43.2 Å². The number of para-hydroxylation sites is 1. The first-order chi connectivity index (χ1) is 14.8. The first-order valence-corrected chi connectivity index (χ1v) is 11.9. The number of amides is 1. The average molecular weight is 503 g/mol. The Kier molecular flexibility index (Phi) is 7.35. The Bertz CT molecular complexity index is 1150. The summed E-state index contributed by atoms with van der Waals surface area (Å²) in [6.45, 7) is 3.80. The largest absolute Gasteiger partial charge is 0.484 e. The van der Waals surface area contributed by atoms with Crippen LogP contribution in [0.15, 0.2) is 82.2 Å². The van der Waals surface area contributed by atoms with Gasteiger partial charge in [0.05, 0.1) is 16.3 Å². The van der Waals surface area contributed by atoms with Crippen molar-refractivity contribution in [2.45, 2.75) is 18.7 Å². The summed E-state index contributed by atoms with van der Waals surface area (Å²) in [5, 5.41) is 2.76. The van der Waals surface area contributed by atoms with Crippen molar-refractivity contribution in [3.63, 3.8) is 0 Å². The number of hydrogen-bond donors (Lipinski definition) is 1. The molecule has 0 fully saturated rings. The molecule has 0 saturated carbocycles. The number of benzene rings is 3. The second-order valence-corrected chi connectivity index (χ2v) is 9.51. The van der Waals surface area contributed by atoms with Gasteiger partial charge in [0, 0.05) is 11.0 Å². The van der Waals surface area contributed by atoms with Gasteiger partial charge in [0.2, 0.25) is 0 Å². The highest BCUT2D eigenvalue weighted by molar-refractivity contribution is 9.10. The lowest BCUT2D eigenvalue weighted by molar-refractivity contribution is -0.118. The van der Waals surface area contributed by atoms with Crippen molar-refractivity contribution in [1.82, 2.24) is 0 Å². The standard InChI is InChI=1S/C23H23BrN2O4S/c1-3-26(31(28,29)20-14-8-17(2)9-15-20)18-10-12-19(13-11-18)30-16-23(27)25-22-7-5-4-6-21(22)24/h4-15H,3,16H2,1-2H3,(H,25,27). The topological polar surface area (TPSA) is 75.7 Å². The van der Waals surface area contributed by atoms with Gasteiger partial charge in [0.25, 0.3) is 15.9 Å². The summed E-state index contributed by atoms with van der Waals surface area (Å²) in [4.78, 5) is 12.4. The number of anilines is 2. The van der Waals surface area contributed by atoms with Gasteiger partial charge >= 0.3 is 0 Å². The smallest absolute Gasteiger partial charge is 0.264 e. The summed E-state index contributed by atoms with van der Waals surface area (Å²) < 4.78 is 33.7. The number of nitrogens with zero attached hydrogens (tertiary/aromatic N) is 1. The highest BCUT2D eigenvalue weighted by Crippen LogP contribution is 2.26. The van der Waals surface area contributed by atoms with Crippen LogP contribution in [0.5, 0.6) is 5.75 Å². The van der Waals surface area contributed by atoms with Crippen LogP contribution >= 0.6 is 15.9 Å². The summed E-state index contributed by atoms with van der Waals surface area (Å²) >= 11 is 3.38. The molecule has 0 heterocycles. The number of nitrogens with one attached hydrogen (secondary N) is 1. The second-order valence-electron chi connectivity index (χ2n) is 6.79. The van der Waals surface area contributed by atoms with Gasteiger partial charge in [-0.15, -0.1) is 0 Å². The molecule has 0 atom stereocenters. The van der Waals surface area contributed by atoms with Crippen molar-refractivity contribution in [1.29, 1.82) is 0 Å². The molecule has 0 bridgehead atoms. The van der Waals surface area contributed by atoms with E-state index in [1.54, 1.807) is 61.5 Å². The molecule has 0 radical (unpaired) electrons. The molecule has 0 unspecified atom stereocenters. The highest BCUT2D eigenvalue weighted by atomic mass is 79.9. The molecule has 6 nitrogen and oxygen atoms in total. The zero-order valence-electron chi connectivity index (χ0n) is 17.2. The minimum atomic E-state index is -3.67. The van der Waals surface area contributed by atoms with Crippen molar-refractivity contribution in [3.8, 4) is 5.75 Å². The normalized spacial score (nSPS) is 11.1. The predicted molar refractivity (Wildman–Crippen MR) is 126 cm³/mol. The number of sulfonamides is 1. The lowest BCUT2D eigenvalue weighted by Crippen LogP contribution is -2.30. The van der Waals surface area contributed by atoms with Crippen LogP contribution in [0.1, 0.15) is 12.5 Å². The third kappa shape index (κ3) is 5.65. The zero-order valence-corrected chi connectivity index (χ0v) is 19.6. The number of aryl methyl sites for hydroxylation is 1. The third-order valence-corrected chi connectivity index (χ3v) is 7.15. The number of carbonyl (C=O) groups is 1. The molecule has 3 aromatic rings. The monoisotopic (exact) mass is 502 g/mol. The van der Waals surface area contributed by atoms with Crippen molar-refractivity contribution in [3.05, 3.63) is 82.8 Å². The summed E-state index contributed by atoms with van der Waals surface area (Å²) in [6.07, 6.45) is 0. The van der Waals surface area contributed by atoms with Gasteiger partial charge in [0.1, 0.15) is 5.75 Å². The predicted octanol–water partition coefficient (Wildman–Crippen LogP) is 4.99. The van der Waals surface area contributed by atoms with Crippen molar-refractivity contribution in [2.75, 3.05) is 22.8 Å². The van der Waals surface area contributed by atoms with E-state index in [9.17, 15) is 13.2 Å². The highest BCUT2D eigenvalue weighted by Gasteiger charge is 2.23. The Morgan fingerprint density at radius 3 is 2.26 bits per heavy atom. The number of halogens is 1. The Morgan fingerprint density at radius 2 is 1.65 bits per heavy atom. The Balaban J connectivity index is 1.66. The number of carbonyl (C=O) groups excluding carboxylic acids is 1. The lowest BCUT2D eigenvalue weighted by atomic mass is 10.2. The summed E-state index contributed by atoms with van der Waals surface area (Å²) in [5.74, 6) is 0.169. The van der Waals surface area contributed by atoms with Crippen LogP contribution in [-0.4, -0.2) is 27.5 Å². The maximum Gasteiger partial charge on any atom is 0.264 e. The molecule has 8 heteroatoms. The third-order valence-electron chi connectivity index (χ3n) is 4.54. The average Bonchev–Trinajstić information content (AvgIpc) is 2.75. The van der Waals surface area contributed by atoms with Crippen LogP contribution in [0.3, 0.4) is 0 Å². The maximum atomic E-state index is 13.0. The minimum Gasteiger partial charge on any atom is -0.484 e. The first-order valence-electron chi connectivity index (χ1n) is 9.68. The van der Waals surface area contributed by atoms with E-state index in [0.717, 1.165) is 10.0 Å². The molecule has 1 N–H and O–H groups in total. The van der Waals surface area contributed by atoms with Crippen molar-refractivity contribution in [2.24, 2.45) is 0 Å². The fourth-order valence-electron chi connectivity index (χ4n) is 2.94. The van der Waals surface area contributed by atoms with Crippen LogP contribution in [-0.2, 0) is 14.8 Å². The van der Waals surface area contributed by atoms with Gasteiger partial charge in [-0.1, -0.05) is 29.8 Å². The van der Waals surface area contributed by atoms with E-state index in [1.807, 2.05) is 25.1 Å². The first kappa shape index (κ1) is 22.8. The number of rotatable bonds is 8. The van der Waals surface area contributed by atoms with E-state index >= 15 is 0 Å². The molecule has 0 aliphatic heterocycles. The van der Waals surface area contributed by atoms with Gasteiger partial charge in [0.15, 0.2) is 6.61 Å². The fraction of sp³-hybridized carbons (Fsp3) is 0.174. The van der Waals surface area contributed by atoms with Crippen LogP contribution in [0, 0.1) is 6.92 Å². The molecule has 162 valence electrons. The van der Waals surface area contributed by atoms with E-state index < -0.39 is 10.0 Å². The van der Waals surface area contributed by atoms with Crippen LogP contribution in [0.4, 0.5) is 11.4 Å². The molecular weight excluding hydrogens is 480 g/mol. The van der Waals surface area contributed by atoms with Gasteiger partial charge in [-0.3, -0.25) is 9.10 Å². The van der Waals surface area contributed by atoms with Crippen LogP contribution in [0.2, 0.25) is 0 Å². The fourth-order valence-corrected chi connectivity index (χ4v) is 4.79. The quantitative estimate of drug-likeness (QED) is 0.470. The second kappa shape index (κ2) is 9.98. The zero-order chi connectivity index (χ0) is 22.4. The van der Waals surface area contributed by atoms with Gasteiger partial charge in [-0.05, 0) is 78.3 Å². The molecule has 3 rings (SSSR count). The van der Waals surface area contributed by atoms with E-state index in [1.165, 1.54) is 4.31 Å². The molecule has 0 saturated heterocycles. The van der Waals surface area contributed by atoms with E-state index in [2.05, 4.69) is 21.2 Å². The van der Waals surface area contributed by atoms with Crippen LogP contribution < -0.4 is 14.4 Å². The lowest BCUT2D eigenvalue weighted by Gasteiger charge is -2.23. The molecular formula is C23H23BrN2O4S. The molecule has 3 aromatic carbocycles. The molecule has 31 heavy (non-hydrogen) atoms. The maximum absolute atomic E-state index is 13.0. The Labute approximate surface area is 191 Å². The SMILES string of the molecule is CCN(c1ccc(OCC(=O)Nc2ccccc2Br)cc1)S(=O)(=O)c1ccc(C)cc1.